The number of rotatable bonds is 3. The third-order valence-electron chi connectivity index (χ3n) is 2.85. The summed E-state index contributed by atoms with van der Waals surface area (Å²) in [6.45, 7) is -0.244. The fourth-order valence-electron chi connectivity index (χ4n) is 1.84. The van der Waals surface area contributed by atoms with Crippen molar-refractivity contribution in [2.24, 2.45) is 0 Å². The van der Waals surface area contributed by atoms with E-state index in [0.717, 1.165) is 4.31 Å². The van der Waals surface area contributed by atoms with Gasteiger partial charge in [-0.15, -0.1) is 0 Å². The summed E-state index contributed by atoms with van der Waals surface area (Å²) in [6, 6.07) is 3.22. The lowest BCUT2D eigenvalue weighted by molar-refractivity contribution is 0.0572. The lowest BCUT2D eigenvalue weighted by Gasteiger charge is -2.16. The third-order valence-corrected chi connectivity index (χ3v) is 4.64. The van der Waals surface area contributed by atoms with E-state index in [4.69, 9.17) is 0 Å². The van der Waals surface area contributed by atoms with E-state index < -0.39 is 22.2 Å². The van der Waals surface area contributed by atoms with Crippen LogP contribution in [0.5, 0.6) is 0 Å². The van der Waals surface area contributed by atoms with Gasteiger partial charge in [0.1, 0.15) is 0 Å². The van der Waals surface area contributed by atoms with Gasteiger partial charge >= 0.3 is 0 Å². The van der Waals surface area contributed by atoms with E-state index in [-0.39, 0.29) is 18.1 Å². The van der Waals surface area contributed by atoms with E-state index >= 15 is 0 Å². The molecule has 0 bridgehead atoms. The molecule has 0 radical (unpaired) electrons. The van der Waals surface area contributed by atoms with Crippen LogP contribution in [0, 0.1) is 0 Å². The first-order valence-corrected chi connectivity index (χ1v) is 6.90. The van der Waals surface area contributed by atoms with Crippen molar-refractivity contribution >= 4 is 15.7 Å². The van der Waals surface area contributed by atoms with Gasteiger partial charge in [0.25, 0.3) is 10.0 Å². The van der Waals surface area contributed by atoms with Crippen molar-refractivity contribution in [1.82, 2.24) is 9.29 Å². The molecule has 2 heterocycles. The first-order chi connectivity index (χ1) is 8.46. The van der Waals surface area contributed by atoms with E-state index in [0.29, 0.717) is 5.69 Å². The number of aliphatic hydroxyl groups excluding tert-OH is 2. The van der Waals surface area contributed by atoms with Gasteiger partial charge < -0.3 is 15.5 Å². The highest BCUT2D eigenvalue weighted by Gasteiger charge is 2.39. The van der Waals surface area contributed by atoms with Gasteiger partial charge in [-0.1, -0.05) is 0 Å². The number of aliphatic hydroxyl groups is 2. The van der Waals surface area contributed by atoms with Crippen LogP contribution in [0.15, 0.2) is 23.4 Å². The zero-order valence-corrected chi connectivity index (χ0v) is 10.6. The van der Waals surface area contributed by atoms with Crippen molar-refractivity contribution in [3.63, 3.8) is 0 Å². The molecule has 1 aromatic rings. The van der Waals surface area contributed by atoms with Crippen molar-refractivity contribution in [3.8, 4) is 0 Å². The molecule has 0 aliphatic carbocycles. The summed E-state index contributed by atoms with van der Waals surface area (Å²) >= 11 is 0. The summed E-state index contributed by atoms with van der Waals surface area (Å²) < 4.78 is 25.6. The van der Waals surface area contributed by atoms with Crippen LogP contribution in [-0.4, -0.2) is 60.3 Å². The van der Waals surface area contributed by atoms with Crippen molar-refractivity contribution in [3.05, 3.63) is 18.3 Å². The Balaban J connectivity index is 2.37. The van der Waals surface area contributed by atoms with Crippen LogP contribution in [-0.2, 0) is 10.0 Å². The minimum absolute atomic E-state index is 0.103. The van der Waals surface area contributed by atoms with E-state index in [1.54, 1.807) is 19.2 Å². The zero-order valence-electron chi connectivity index (χ0n) is 9.81. The summed E-state index contributed by atoms with van der Waals surface area (Å²) in [6.07, 6.45) is -0.723. The molecule has 0 amide bonds. The molecule has 0 saturated carbocycles. The average Bonchev–Trinajstić information content (AvgIpc) is 2.70. The summed E-state index contributed by atoms with van der Waals surface area (Å²) in [5, 5.41) is 21.5. The van der Waals surface area contributed by atoms with Crippen molar-refractivity contribution in [2.45, 2.75) is 17.2 Å². The molecule has 1 aliphatic heterocycles. The Labute approximate surface area is 105 Å². The fourth-order valence-corrected chi connectivity index (χ4v) is 3.42. The Morgan fingerprint density at radius 2 is 2.00 bits per heavy atom. The molecule has 2 atom stereocenters. The Morgan fingerprint density at radius 3 is 2.56 bits per heavy atom. The number of anilines is 1. The number of hydrogen-bond donors (Lipinski definition) is 3. The molecule has 0 aromatic carbocycles. The van der Waals surface area contributed by atoms with Crippen LogP contribution < -0.4 is 5.32 Å². The molecule has 7 nitrogen and oxygen atoms in total. The molecule has 1 saturated heterocycles. The van der Waals surface area contributed by atoms with Crippen molar-refractivity contribution < 1.29 is 18.6 Å². The maximum atomic E-state index is 12.3. The quantitative estimate of drug-likeness (QED) is 0.642. The number of β-amino-alcohol motifs (C(OH)–C–C–N with tert-alkyl or cyclic N) is 2. The number of hydrogen-bond acceptors (Lipinski definition) is 6. The lowest BCUT2D eigenvalue weighted by Crippen LogP contribution is -2.31. The molecule has 3 N–H and O–H groups in total. The molecule has 2 rings (SSSR count). The van der Waals surface area contributed by atoms with Crippen molar-refractivity contribution in [2.75, 3.05) is 25.5 Å². The average molecular weight is 273 g/mol. The van der Waals surface area contributed by atoms with Gasteiger partial charge in [0.15, 0.2) is 5.03 Å². The van der Waals surface area contributed by atoms with Crippen LogP contribution in [0.4, 0.5) is 5.69 Å². The molecule has 1 aliphatic rings. The second-order valence-corrected chi connectivity index (χ2v) is 5.92. The van der Waals surface area contributed by atoms with Crippen LogP contribution in [0.2, 0.25) is 0 Å². The highest BCUT2D eigenvalue weighted by atomic mass is 32.2. The minimum atomic E-state index is -3.81. The number of sulfonamides is 1. The van der Waals surface area contributed by atoms with Gasteiger partial charge in [0.05, 0.1) is 17.9 Å². The van der Waals surface area contributed by atoms with Crippen LogP contribution in [0.3, 0.4) is 0 Å². The Hall–Kier alpha value is -1.22. The van der Waals surface area contributed by atoms with Crippen molar-refractivity contribution in [1.29, 1.82) is 0 Å². The fraction of sp³-hybridized carbons (Fsp3) is 0.500. The summed E-state index contributed by atoms with van der Waals surface area (Å²) in [5.74, 6) is 0. The first kappa shape index (κ1) is 13.2. The minimum Gasteiger partial charge on any atom is -0.389 e. The van der Waals surface area contributed by atoms with Gasteiger partial charge in [0, 0.05) is 26.3 Å². The second-order valence-electron chi connectivity index (χ2n) is 4.06. The van der Waals surface area contributed by atoms with E-state index in [2.05, 4.69) is 10.3 Å². The summed E-state index contributed by atoms with van der Waals surface area (Å²) in [4.78, 5) is 3.86. The van der Waals surface area contributed by atoms with E-state index in [1.165, 1.54) is 6.20 Å². The van der Waals surface area contributed by atoms with Gasteiger partial charge in [-0.2, -0.15) is 4.31 Å². The topological polar surface area (TPSA) is 103 Å². The molecular weight excluding hydrogens is 258 g/mol. The maximum Gasteiger partial charge on any atom is 0.262 e. The third kappa shape index (κ3) is 2.19. The largest absolute Gasteiger partial charge is 0.389 e. The molecule has 0 spiro atoms. The van der Waals surface area contributed by atoms with Crippen LogP contribution in [0.25, 0.3) is 0 Å². The molecule has 1 aromatic heterocycles. The molecule has 2 unspecified atom stereocenters. The standard InChI is InChI=1S/C10H15N3O4S/c1-11-7-3-2-4-12-10(7)18(16,17)13-5-8(14)9(15)6-13/h2-4,8-9,11,14-15H,5-6H2,1H3. The second kappa shape index (κ2) is 4.81. The molecule has 8 heteroatoms. The van der Waals surface area contributed by atoms with E-state index in [1.807, 2.05) is 0 Å². The van der Waals surface area contributed by atoms with Gasteiger partial charge in [-0.05, 0) is 12.1 Å². The van der Waals surface area contributed by atoms with Gasteiger partial charge in [-0.25, -0.2) is 13.4 Å². The number of nitrogens with zero attached hydrogens (tertiary/aromatic N) is 2. The smallest absolute Gasteiger partial charge is 0.262 e. The Morgan fingerprint density at radius 1 is 1.39 bits per heavy atom. The molecule has 100 valence electrons. The number of nitrogens with one attached hydrogen (secondary N) is 1. The molecule has 18 heavy (non-hydrogen) atoms. The molecule has 1 fully saturated rings. The monoisotopic (exact) mass is 273 g/mol. The van der Waals surface area contributed by atoms with Crippen LogP contribution >= 0.6 is 0 Å². The summed E-state index contributed by atoms with van der Waals surface area (Å²) in [5.41, 5.74) is 0.383. The van der Waals surface area contributed by atoms with E-state index in [9.17, 15) is 18.6 Å². The highest BCUT2D eigenvalue weighted by molar-refractivity contribution is 7.89. The normalized spacial score (nSPS) is 25.3. The SMILES string of the molecule is CNc1cccnc1S(=O)(=O)N1CC(O)C(O)C1. The molecular formula is C10H15N3O4S. The number of aromatic nitrogens is 1. The number of pyridine rings is 1. The highest BCUT2D eigenvalue weighted by Crippen LogP contribution is 2.24. The Kier molecular flexibility index (Phi) is 3.53. The zero-order chi connectivity index (χ0) is 13.3. The van der Waals surface area contributed by atoms with Gasteiger partial charge in [0.2, 0.25) is 0 Å². The van der Waals surface area contributed by atoms with Gasteiger partial charge in [-0.3, -0.25) is 0 Å². The lowest BCUT2D eigenvalue weighted by atomic mass is 10.3. The van der Waals surface area contributed by atoms with Crippen LogP contribution in [0.1, 0.15) is 0 Å². The predicted molar refractivity (Wildman–Crippen MR) is 64.6 cm³/mol. The summed E-state index contributed by atoms with van der Waals surface area (Å²) in [7, 11) is -2.21. The first-order valence-electron chi connectivity index (χ1n) is 5.46. The predicted octanol–water partition coefficient (Wildman–Crippen LogP) is -1.15. The maximum absolute atomic E-state index is 12.3. The Bertz CT molecular complexity index is 524.